The molecule has 3 rings (SSSR count). The summed E-state index contributed by atoms with van der Waals surface area (Å²) in [6.07, 6.45) is 7.47. The fourth-order valence-electron chi connectivity index (χ4n) is 2.43. The largest absolute Gasteiger partial charge is 0.342 e. The van der Waals surface area contributed by atoms with Crippen molar-refractivity contribution in [3.63, 3.8) is 0 Å². The van der Waals surface area contributed by atoms with Crippen LogP contribution in [0.2, 0.25) is 0 Å². The molecule has 1 aliphatic heterocycles. The quantitative estimate of drug-likeness (QED) is 0.633. The van der Waals surface area contributed by atoms with Gasteiger partial charge in [-0.2, -0.15) is 0 Å². The molecule has 2 nitrogen and oxygen atoms in total. The lowest BCUT2D eigenvalue weighted by molar-refractivity contribution is -0.130. The first-order valence-corrected chi connectivity index (χ1v) is 5.55. The topological polar surface area (TPSA) is 20.3 Å². The maximum atomic E-state index is 11.7. The Hall–Kier alpha value is -0.530. The summed E-state index contributed by atoms with van der Waals surface area (Å²) in [5, 5.41) is 0. The van der Waals surface area contributed by atoms with Crippen LogP contribution in [0.5, 0.6) is 0 Å². The fraction of sp³-hybridized carbons (Fsp3) is 0.909. The molecule has 1 spiro atoms. The summed E-state index contributed by atoms with van der Waals surface area (Å²) in [5.41, 5.74) is 0.610. The van der Waals surface area contributed by atoms with Gasteiger partial charge in [-0.1, -0.05) is 0 Å². The van der Waals surface area contributed by atoms with Crippen LogP contribution in [0.1, 0.15) is 38.5 Å². The van der Waals surface area contributed by atoms with Crippen molar-refractivity contribution >= 4 is 5.91 Å². The zero-order valence-corrected chi connectivity index (χ0v) is 8.09. The highest BCUT2D eigenvalue weighted by Crippen LogP contribution is 2.52. The summed E-state index contributed by atoms with van der Waals surface area (Å²) in [6.45, 7) is 2.13. The van der Waals surface area contributed by atoms with E-state index in [1.165, 1.54) is 32.1 Å². The number of rotatable bonds is 2. The first-order valence-electron chi connectivity index (χ1n) is 5.55. The van der Waals surface area contributed by atoms with E-state index in [1.807, 2.05) is 0 Å². The molecule has 0 aromatic heterocycles. The second kappa shape index (κ2) is 2.49. The molecule has 2 saturated carbocycles. The Balaban J connectivity index is 1.56. The third kappa shape index (κ3) is 1.47. The van der Waals surface area contributed by atoms with E-state index in [0.29, 0.717) is 11.3 Å². The lowest BCUT2D eigenvalue weighted by atomic mass is 10.1. The molecule has 2 aliphatic carbocycles. The molecule has 72 valence electrons. The van der Waals surface area contributed by atoms with Crippen LogP contribution >= 0.6 is 0 Å². The molecule has 3 fully saturated rings. The molecule has 0 atom stereocenters. The Morgan fingerprint density at radius 1 is 1.31 bits per heavy atom. The highest BCUT2D eigenvalue weighted by atomic mass is 16.2. The summed E-state index contributed by atoms with van der Waals surface area (Å²) in [6, 6.07) is 0. The van der Waals surface area contributed by atoms with Gasteiger partial charge in [0.2, 0.25) is 5.91 Å². The van der Waals surface area contributed by atoms with Crippen LogP contribution in [-0.2, 0) is 4.79 Å². The standard InChI is InChI=1S/C11H17NO/c13-10(7-9-1-2-9)12-6-5-11(8-12)3-4-11/h9H,1-8H2. The monoisotopic (exact) mass is 179 g/mol. The molecule has 0 aromatic carbocycles. The highest BCUT2D eigenvalue weighted by molar-refractivity contribution is 5.77. The molecule has 0 unspecified atom stereocenters. The Kier molecular flexibility index (Phi) is 1.50. The van der Waals surface area contributed by atoms with E-state index in [4.69, 9.17) is 0 Å². The van der Waals surface area contributed by atoms with E-state index in [-0.39, 0.29) is 0 Å². The molecule has 13 heavy (non-hydrogen) atoms. The fourth-order valence-corrected chi connectivity index (χ4v) is 2.43. The summed E-state index contributed by atoms with van der Waals surface area (Å²) < 4.78 is 0. The SMILES string of the molecule is O=C(CC1CC1)N1CCC2(CC2)C1. The van der Waals surface area contributed by atoms with E-state index in [0.717, 1.165) is 25.4 Å². The minimum atomic E-state index is 0.436. The lowest BCUT2D eigenvalue weighted by Gasteiger charge is -2.15. The van der Waals surface area contributed by atoms with Gasteiger partial charge < -0.3 is 4.90 Å². The van der Waals surface area contributed by atoms with Crippen LogP contribution in [0.15, 0.2) is 0 Å². The van der Waals surface area contributed by atoms with Crippen molar-refractivity contribution in [2.24, 2.45) is 11.3 Å². The van der Waals surface area contributed by atoms with Gasteiger partial charge in [-0.25, -0.2) is 0 Å². The van der Waals surface area contributed by atoms with Gasteiger partial charge in [0.1, 0.15) is 0 Å². The predicted molar refractivity (Wildman–Crippen MR) is 50.2 cm³/mol. The van der Waals surface area contributed by atoms with Crippen LogP contribution in [0.25, 0.3) is 0 Å². The smallest absolute Gasteiger partial charge is 0.222 e. The second-order valence-electron chi connectivity index (χ2n) is 5.21. The first kappa shape index (κ1) is 7.84. The van der Waals surface area contributed by atoms with E-state index in [2.05, 4.69) is 4.90 Å². The minimum absolute atomic E-state index is 0.436. The van der Waals surface area contributed by atoms with Gasteiger partial charge in [0.25, 0.3) is 0 Å². The molecular formula is C11H17NO. The first-order chi connectivity index (χ1) is 6.27. The number of amides is 1. The molecule has 0 N–H and O–H groups in total. The van der Waals surface area contributed by atoms with Gasteiger partial charge in [-0.05, 0) is 43.4 Å². The van der Waals surface area contributed by atoms with E-state index >= 15 is 0 Å². The van der Waals surface area contributed by atoms with E-state index < -0.39 is 0 Å². The van der Waals surface area contributed by atoms with Crippen LogP contribution in [0.3, 0.4) is 0 Å². The van der Waals surface area contributed by atoms with Gasteiger partial charge >= 0.3 is 0 Å². The van der Waals surface area contributed by atoms with Crippen LogP contribution in [0, 0.1) is 11.3 Å². The Labute approximate surface area is 79.3 Å². The molecule has 0 aromatic rings. The van der Waals surface area contributed by atoms with Gasteiger partial charge in [-0.3, -0.25) is 4.79 Å². The number of carbonyl (C=O) groups is 1. The van der Waals surface area contributed by atoms with Crippen molar-refractivity contribution in [1.29, 1.82) is 0 Å². The van der Waals surface area contributed by atoms with Crippen LogP contribution < -0.4 is 0 Å². The maximum Gasteiger partial charge on any atom is 0.222 e. The number of nitrogens with zero attached hydrogens (tertiary/aromatic N) is 1. The summed E-state index contributed by atoms with van der Waals surface area (Å²) >= 11 is 0. The Bertz CT molecular complexity index is 240. The van der Waals surface area contributed by atoms with Crippen molar-refractivity contribution < 1.29 is 4.79 Å². The minimum Gasteiger partial charge on any atom is -0.342 e. The molecule has 2 heteroatoms. The third-order valence-electron chi connectivity index (χ3n) is 3.91. The molecule has 1 amide bonds. The molecular weight excluding hydrogens is 162 g/mol. The Morgan fingerprint density at radius 3 is 2.62 bits per heavy atom. The Morgan fingerprint density at radius 2 is 2.08 bits per heavy atom. The van der Waals surface area contributed by atoms with Crippen molar-refractivity contribution in [3.8, 4) is 0 Å². The van der Waals surface area contributed by atoms with Crippen molar-refractivity contribution in [2.75, 3.05) is 13.1 Å². The van der Waals surface area contributed by atoms with E-state index in [9.17, 15) is 4.79 Å². The van der Waals surface area contributed by atoms with Crippen LogP contribution in [-0.4, -0.2) is 23.9 Å². The maximum absolute atomic E-state index is 11.7. The molecule has 1 heterocycles. The molecule has 3 aliphatic rings. The lowest BCUT2D eigenvalue weighted by Crippen LogP contribution is -2.29. The number of likely N-dealkylation sites (tertiary alicyclic amines) is 1. The third-order valence-corrected chi connectivity index (χ3v) is 3.91. The van der Waals surface area contributed by atoms with Crippen molar-refractivity contribution in [2.45, 2.75) is 38.5 Å². The molecule has 0 radical (unpaired) electrons. The summed E-state index contributed by atoms with van der Waals surface area (Å²) in [7, 11) is 0. The van der Waals surface area contributed by atoms with Gasteiger partial charge in [0, 0.05) is 19.5 Å². The predicted octanol–water partition coefficient (Wildman–Crippen LogP) is 1.80. The average Bonchev–Trinajstić information content (AvgIpc) is 2.94. The van der Waals surface area contributed by atoms with Gasteiger partial charge in [0.05, 0.1) is 0 Å². The van der Waals surface area contributed by atoms with Gasteiger partial charge in [0.15, 0.2) is 0 Å². The zero-order valence-electron chi connectivity index (χ0n) is 8.09. The average molecular weight is 179 g/mol. The number of carbonyl (C=O) groups excluding carboxylic acids is 1. The number of hydrogen-bond donors (Lipinski definition) is 0. The van der Waals surface area contributed by atoms with E-state index in [1.54, 1.807) is 0 Å². The second-order valence-corrected chi connectivity index (χ2v) is 5.21. The highest BCUT2D eigenvalue weighted by Gasteiger charge is 2.48. The van der Waals surface area contributed by atoms with Gasteiger partial charge in [-0.15, -0.1) is 0 Å². The summed E-state index contributed by atoms with van der Waals surface area (Å²) in [4.78, 5) is 13.9. The van der Waals surface area contributed by atoms with Crippen LogP contribution in [0.4, 0.5) is 0 Å². The summed E-state index contributed by atoms with van der Waals surface area (Å²) in [5.74, 6) is 1.19. The molecule has 1 saturated heterocycles. The zero-order chi connectivity index (χ0) is 8.89. The number of hydrogen-bond acceptors (Lipinski definition) is 1. The van der Waals surface area contributed by atoms with Crippen molar-refractivity contribution in [3.05, 3.63) is 0 Å². The normalized spacial score (nSPS) is 29.7. The molecule has 0 bridgehead atoms. The van der Waals surface area contributed by atoms with Crippen molar-refractivity contribution in [1.82, 2.24) is 4.90 Å².